The number of nitrogens with one attached hydrogen (secondary N) is 1. The number of nitrogens with zero attached hydrogens (tertiary/aromatic N) is 6. The van der Waals surface area contributed by atoms with Gasteiger partial charge < -0.3 is 14.7 Å². The van der Waals surface area contributed by atoms with E-state index in [9.17, 15) is 9.90 Å². The molecule has 2 N–H and O–H groups in total. The Bertz CT molecular complexity index is 954. The molecule has 2 atom stereocenters. The van der Waals surface area contributed by atoms with Gasteiger partial charge in [-0.1, -0.05) is 0 Å². The summed E-state index contributed by atoms with van der Waals surface area (Å²) in [6.07, 6.45) is 4.00. The first-order valence-corrected chi connectivity index (χ1v) is 10.5. The fraction of sp³-hybridized carbons (Fsp3) is 0.600. The average Bonchev–Trinajstić information content (AvgIpc) is 3.25. The second-order valence-corrected chi connectivity index (χ2v) is 8.59. The fourth-order valence-corrected chi connectivity index (χ4v) is 4.30. The molecule has 0 spiro atoms. The molecule has 30 heavy (non-hydrogen) atoms. The molecule has 2 unspecified atom stereocenters. The van der Waals surface area contributed by atoms with Crippen LogP contribution in [0, 0.1) is 0 Å². The van der Waals surface area contributed by atoms with Crippen LogP contribution in [0.15, 0.2) is 18.3 Å². The van der Waals surface area contributed by atoms with Gasteiger partial charge >= 0.3 is 0 Å². The van der Waals surface area contributed by atoms with Crippen molar-refractivity contribution in [3.8, 4) is 0 Å². The molecule has 2 fully saturated rings. The SMILES string of the molecule is CC1(C)NC(O)N(c2cc3n(n2)CCN(c2nccc(C4CCCCO4)n2)C3)C1=O. The van der Waals surface area contributed by atoms with Crippen LogP contribution in [0.1, 0.15) is 50.6 Å². The van der Waals surface area contributed by atoms with Gasteiger partial charge in [-0.05, 0) is 39.2 Å². The van der Waals surface area contributed by atoms with Crippen molar-refractivity contribution in [1.82, 2.24) is 25.1 Å². The number of hydrogen-bond donors (Lipinski definition) is 2. The van der Waals surface area contributed by atoms with E-state index in [0.717, 1.165) is 37.3 Å². The van der Waals surface area contributed by atoms with Gasteiger partial charge in [0, 0.05) is 25.4 Å². The Hall–Kier alpha value is -2.56. The maximum Gasteiger partial charge on any atom is 0.251 e. The van der Waals surface area contributed by atoms with Crippen LogP contribution in [0.25, 0.3) is 0 Å². The van der Waals surface area contributed by atoms with Crippen molar-refractivity contribution in [3.63, 3.8) is 0 Å². The normalized spacial score (nSPS) is 26.2. The lowest BCUT2D eigenvalue weighted by Crippen LogP contribution is -2.41. The van der Waals surface area contributed by atoms with Crippen LogP contribution < -0.4 is 15.1 Å². The van der Waals surface area contributed by atoms with Crippen LogP contribution in [0.4, 0.5) is 11.8 Å². The van der Waals surface area contributed by atoms with Gasteiger partial charge in [0.2, 0.25) is 5.95 Å². The van der Waals surface area contributed by atoms with E-state index in [1.165, 1.54) is 4.90 Å². The molecule has 0 radical (unpaired) electrons. The Morgan fingerprint density at radius 1 is 1.30 bits per heavy atom. The predicted molar refractivity (Wildman–Crippen MR) is 109 cm³/mol. The second kappa shape index (κ2) is 7.29. The Morgan fingerprint density at radius 3 is 2.90 bits per heavy atom. The number of carbonyl (C=O) groups excluding carboxylic acids is 1. The number of hydrogen-bond acceptors (Lipinski definition) is 8. The molecule has 160 valence electrons. The molecule has 10 nitrogen and oxygen atoms in total. The van der Waals surface area contributed by atoms with Gasteiger partial charge in [-0.2, -0.15) is 5.10 Å². The van der Waals surface area contributed by atoms with Gasteiger partial charge in [-0.15, -0.1) is 0 Å². The van der Waals surface area contributed by atoms with Crippen molar-refractivity contribution in [1.29, 1.82) is 0 Å². The van der Waals surface area contributed by atoms with E-state index in [1.807, 2.05) is 16.8 Å². The lowest BCUT2D eigenvalue weighted by Gasteiger charge is -2.28. The minimum absolute atomic E-state index is 0.0425. The number of anilines is 2. The summed E-state index contributed by atoms with van der Waals surface area (Å²) in [4.78, 5) is 25.3. The van der Waals surface area contributed by atoms with E-state index in [1.54, 1.807) is 20.0 Å². The minimum Gasteiger partial charge on any atom is -0.372 e. The van der Waals surface area contributed by atoms with Gasteiger partial charge in [0.05, 0.1) is 36.1 Å². The Labute approximate surface area is 174 Å². The van der Waals surface area contributed by atoms with E-state index < -0.39 is 11.9 Å². The highest BCUT2D eigenvalue weighted by molar-refractivity contribution is 6.01. The summed E-state index contributed by atoms with van der Waals surface area (Å²) in [6.45, 7) is 6.22. The van der Waals surface area contributed by atoms with Gasteiger partial charge in [-0.25, -0.2) is 9.97 Å². The molecular weight excluding hydrogens is 386 g/mol. The Kier molecular flexibility index (Phi) is 4.72. The quantitative estimate of drug-likeness (QED) is 0.765. The molecule has 0 saturated carbocycles. The van der Waals surface area contributed by atoms with Gasteiger partial charge in [0.15, 0.2) is 12.2 Å². The molecule has 1 amide bonds. The zero-order chi connectivity index (χ0) is 20.9. The molecule has 3 aliphatic heterocycles. The van der Waals surface area contributed by atoms with E-state index in [4.69, 9.17) is 9.72 Å². The predicted octanol–water partition coefficient (Wildman–Crippen LogP) is 0.926. The molecule has 2 aromatic rings. The largest absolute Gasteiger partial charge is 0.372 e. The maximum atomic E-state index is 12.6. The van der Waals surface area contributed by atoms with Crippen molar-refractivity contribution in [3.05, 3.63) is 29.7 Å². The van der Waals surface area contributed by atoms with E-state index in [0.29, 0.717) is 31.4 Å². The molecule has 0 aromatic carbocycles. The third-order valence-corrected chi connectivity index (χ3v) is 5.98. The van der Waals surface area contributed by atoms with Gasteiger partial charge in [-0.3, -0.25) is 19.7 Å². The summed E-state index contributed by atoms with van der Waals surface area (Å²) >= 11 is 0. The fourth-order valence-electron chi connectivity index (χ4n) is 4.30. The molecule has 0 bridgehead atoms. The Balaban J connectivity index is 1.36. The summed E-state index contributed by atoms with van der Waals surface area (Å²) in [7, 11) is 0. The first-order valence-electron chi connectivity index (χ1n) is 10.5. The molecule has 2 aromatic heterocycles. The lowest BCUT2D eigenvalue weighted by atomic mass is 10.1. The number of aliphatic hydroxyl groups excluding tert-OH is 1. The second-order valence-electron chi connectivity index (χ2n) is 8.59. The highest BCUT2D eigenvalue weighted by atomic mass is 16.5. The number of ether oxygens (including phenoxy) is 1. The van der Waals surface area contributed by atoms with E-state index in [2.05, 4.69) is 20.3 Å². The summed E-state index contributed by atoms with van der Waals surface area (Å²) in [5, 5.41) is 17.7. The van der Waals surface area contributed by atoms with E-state index >= 15 is 0 Å². The van der Waals surface area contributed by atoms with Crippen molar-refractivity contribution in [2.45, 2.75) is 64.2 Å². The van der Waals surface area contributed by atoms with Crippen molar-refractivity contribution >= 4 is 17.7 Å². The molecule has 3 aliphatic rings. The molecule has 0 aliphatic carbocycles. The number of amides is 1. The number of fused-ring (bicyclic) bond motifs is 1. The van der Waals surface area contributed by atoms with Crippen LogP contribution >= 0.6 is 0 Å². The summed E-state index contributed by atoms with van der Waals surface area (Å²) in [5.74, 6) is 0.925. The van der Waals surface area contributed by atoms with Crippen molar-refractivity contribution < 1.29 is 14.6 Å². The number of rotatable bonds is 3. The van der Waals surface area contributed by atoms with Crippen LogP contribution in [0.3, 0.4) is 0 Å². The number of aliphatic hydroxyl groups is 1. The molecule has 5 heterocycles. The monoisotopic (exact) mass is 413 g/mol. The summed E-state index contributed by atoms with van der Waals surface area (Å²) in [6, 6.07) is 3.78. The summed E-state index contributed by atoms with van der Waals surface area (Å²) in [5.41, 5.74) is 1.05. The van der Waals surface area contributed by atoms with Crippen LogP contribution in [0.2, 0.25) is 0 Å². The van der Waals surface area contributed by atoms with Gasteiger partial charge in [0.25, 0.3) is 5.91 Å². The number of aromatic nitrogens is 4. The topological polar surface area (TPSA) is 109 Å². The van der Waals surface area contributed by atoms with Gasteiger partial charge in [0.1, 0.15) is 0 Å². The van der Waals surface area contributed by atoms with Crippen molar-refractivity contribution in [2.75, 3.05) is 23.0 Å². The maximum absolute atomic E-state index is 12.6. The molecule has 10 heteroatoms. The van der Waals surface area contributed by atoms with E-state index in [-0.39, 0.29) is 12.0 Å². The average molecular weight is 413 g/mol. The number of carbonyl (C=O) groups is 1. The van der Waals surface area contributed by atoms with Crippen molar-refractivity contribution in [2.24, 2.45) is 0 Å². The zero-order valence-electron chi connectivity index (χ0n) is 17.3. The minimum atomic E-state index is -1.09. The standard InChI is InChI=1S/C20H27N7O3/c1-20(2)17(28)27(19(29)23-20)16-11-13-12-25(8-9-26(13)24-16)18-21-7-6-14(22-18)15-5-3-4-10-30-15/h6-7,11,15,19,23,29H,3-5,8-10,12H2,1-2H3. The smallest absolute Gasteiger partial charge is 0.251 e. The highest BCUT2D eigenvalue weighted by Gasteiger charge is 2.46. The zero-order valence-corrected chi connectivity index (χ0v) is 17.3. The molecule has 5 rings (SSSR count). The van der Waals surface area contributed by atoms with Crippen LogP contribution in [-0.4, -0.2) is 55.8 Å². The molecular formula is C20H27N7O3. The third kappa shape index (κ3) is 3.34. The Morgan fingerprint density at radius 2 is 2.17 bits per heavy atom. The first-order chi connectivity index (χ1) is 14.4. The third-order valence-electron chi connectivity index (χ3n) is 5.98. The summed E-state index contributed by atoms with van der Waals surface area (Å²) < 4.78 is 7.75. The van der Waals surface area contributed by atoms with Crippen LogP contribution in [0.5, 0.6) is 0 Å². The molecule has 2 saturated heterocycles. The van der Waals surface area contributed by atoms with Crippen LogP contribution in [-0.2, 0) is 22.6 Å². The first kappa shape index (κ1) is 19.4. The lowest BCUT2D eigenvalue weighted by molar-refractivity contribution is -0.121. The highest BCUT2D eigenvalue weighted by Crippen LogP contribution is 2.30.